The first-order valence-corrected chi connectivity index (χ1v) is 7.50. The molecule has 3 rings (SSSR count). The van der Waals surface area contributed by atoms with E-state index in [0.29, 0.717) is 11.7 Å². The van der Waals surface area contributed by atoms with Gasteiger partial charge in [-0.2, -0.15) is 0 Å². The molecular formula is C16H17NO6. The third-order valence-electron chi connectivity index (χ3n) is 3.83. The molecule has 1 saturated heterocycles. The molecule has 1 fully saturated rings. The highest BCUT2D eigenvalue weighted by atomic mass is 16.7. The van der Waals surface area contributed by atoms with Gasteiger partial charge in [0.1, 0.15) is 0 Å². The van der Waals surface area contributed by atoms with Crippen LogP contribution < -0.4 is 0 Å². The molecule has 2 aliphatic rings. The van der Waals surface area contributed by atoms with Crippen molar-refractivity contribution >= 4 is 17.8 Å². The molecule has 23 heavy (non-hydrogen) atoms. The van der Waals surface area contributed by atoms with E-state index in [2.05, 4.69) is 0 Å². The fourth-order valence-corrected chi connectivity index (χ4v) is 2.51. The van der Waals surface area contributed by atoms with Gasteiger partial charge >= 0.3 is 5.97 Å². The Bertz CT molecular complexity index is 602. The van der Waals surface area contributed by atoms with Crippen molar-refractivity contribution in [3.63, 3.8) is 0 Å². The minimum Gasteiger partial charge on any atom is -0.376 e. The summed E-state index contributed by atoms with van der Waals surface area (Å²) < 4.78 is 10.8. The Morgan fingerprint density at radius 1 is 1.30 bits per heavy atom. The van der Waals surface area contributed by atoms with Crippen LogP contribution in [0.5, 0.6) is 0 Å². The highest BCUT2D eigenvalue weighted by Crippen LogP contribution is 2.23. The molecule has 2 aliphatic heterocycles. The molecule has 0 saturated carbocycles. The highest BCUT2D eigenvalue weighted by molar-refractivity contribution is 6.20. The summed E-state index contributed by atoms with van der Waals surface area (Å²) in [6.07, 6.45) is 0.940. The standard InChI is InChI=1S/C16H17NO6/c1-10(22-9-11-5-4-8-21-11)16(20)23-17-14(18)12-6-2-3-7-13(12)15(17)19/h2-3,6-7,10-11H,4-5,8-9H2,1H3. The van der Waals surface area contributed by atoms with Crippen LogP contribution in [0.25, 0.3) is 0 Å². The van der Waals surface area contributed by atoms with Crippen LogP contribution in [-0.4, -0.2) is 48.3 Å². The smallest absolute Gasteiger partial charge is 0.361 e. The number of fused-ring (bicyclic) bond motifs is 1. The van der Waals surface area contributed by atoms with Gasteiger partial charge in [-0.05, 0) is 31.9 Å². The van der Waals surface area contributed by atoms with Gasteiger partial charge < -0.3 is 14.3 Å². The molecule has 7 heteroatoms. The molecule has 2 unspecified atom stereocenters. The normalized spacial score (nSPS) is 21.4. The van der Waals surface area contributed by atoms with E-state index < -0.39 is 23.9 Å². The lowest BCUT2D eigenvalue weighted by Gasteiger charge is -2.18. The molecule has 7 nitrogen and oxygen atoms in total. The van der Waals surface area contributed by atoms with Crippen LogP contribution in [0.1, 0.15) is 40.5 Å². The Balaban J connectivity index is 1.57. The third-order valence-corrected chi connectivity index (χ3v) is 3.83. The Hall–Kier alpha value is -2.25. The molecule has 2 amide bonds. The largest absolute Gasteiger partial charge is 0.376 e. The fourth-order valence-electron chi connectivity index (χ4n) is 2.51. The fraction of sp³-hybridized carbons (Fsp3) is 0.438. The summed E-state index contributed by atoms with van der Waals surface area (Å²) in [5.41, 5.74) is 0.441. The molecule has 1 aromatic carbocycles. The van der Waals surface area contributed by atoms with Gasteiger partial charge in [0.25, 0.3) is 11.8 Å². The molecule has 2 atom stereocenters. The summed E-state index contributed by atoms with van der Waals surface area (Å²) in [5.74, 6) is -2.09. The van der Waals surface area contributed by atoms with Crippen LogP contribution >= 0.6 is 0 Å². The second kappa shape index (κ2) is 6.47. The van der Waals surface area contributed by atoms with Crippen molar-refractivity contribution in [2.75, 3.05) is 13.2 Å². The van der Waals surface area contributed by atoms with Gasteiger partial charge in [-0.25, -0.2) is 4.79 Å². The first kappa shape index (κ1) is 15.6. The number of rotatable bonds is 5. The Labute approximate surface area is 133 Å². The predicted molar refractivity (Wildman–Crippen MR) is 77.4 cm³/mol. The maximum atomic E-state index is 12.1. The zero-order chi connectivity index (χ0) is 16.4. The zero-order valence-corrected chi connectivity index (χ0v) is 12.7. The summed E-state index contributed by atoms with van der Waals surface area (Å²) >= 11 is 0. The number of hydroxylamine groups is 2. The van der Waals surface area contributed by atoms with Crippen molar-refractivity contribution < 1.29 is 28.7 Å². The molecule has 0 radical (unpaired) electrons. The van der Waals surface area contributed by atoms with Gasteiger partial charge in [0.15, 0.2) is 6.10 Å². The van der Waals surface area contributed by atoms with Crippen LogP contribution in [0, 0.1) is 0 Å². The molecule has 0 spiro atoms. The minimum atomic E-state index is -0.900. The lowest BCUT2D eigenvalue weighted by atomic mass is 10.1. The van der Waals surface area contributed by atoms with E-state index in [4.69, 9.17) is 14.3 Å². The predicted octanol–water partition coefficient (Wildman–Crippen LogP) is 1.32. The molecular weight excluding hydrogens is 302 g/mol. The SMILES string of the molecule is CC(OCC1CCCO1)C(=O)ON1C(=O)c2ccccc2C1=O. The van der Waals surface area contributed by atoms with E-state index in [1.54, 1.807) is 12.1 Å². The number of hydrogen-bond donors (Lipinski definition) is 0. The summed E-state index contributed by atoms with van der Waals surface area (Å²) in [6.45, 7) is 2.48. The Morgan fingerprint density at radius 3 is 2.52 bits per heavy atom. The first-order chi connectivity index (χ1) is 11.1. The van der Waals surface area contributed by atoms with Crippen LogP contribution in [-0.2, 0) is 19.1 Å². The van der Waals surface area contributed by atoms with Crippen LogP contribution in [0.3, 0.4) is 0 Å². The van der Waals surface area contributed by atoms with Crippen molar-refractivity contribution in [1.82, 2.24) is 5.06 Å². The van der Waals surface area contributed by atoms with Crippen molar-refractivity contribution in [3.05, 3.63) is 35.4 Å². The number of carbonyl (C=O) groups excluding carboxylic acids is 3. The number of imide groups is 1. The molecule has 0 bridgehead atoms. The highest BCUT2D eigenvalue weighted by Gasteiger charge is 2.39. The first-order valence-electron chi connectivity index (χ1n) is 7.50. The Morgan fingerprint density at radius 2 is 1.96 bits per heavy atom. The lowest BCUT2D eigenvalue weighted by molar-refractivity contribution is -0.182. The van der Waals surface area contributed by atoms with Gasteiger partial charge in [0, 0.05) is 6.61 Å². The second-order valence-electron chi connectivity index (χ2n) is 5.47. The molecule has 2 heterocycles. The third kappa shape index (κ3) is 3.11. The number of amides is 2. The number of benzene rings is 1. The number of hydrogen-bond acceptors (Lipinski definition) is 6. The van der Waals surface area contributed by atoms with E-state index in [0.717, 1.165) is 12.8 Å². The van der Waals surface area contributed by atoms with Crippen molar-refractivity contribution in [2.45, 2.75) is 32.0 Å². The zero-order valence-electron chi connectivity index (χ0n) is 12.7. The van der Waals surface area contributed by atoms with E-state index in [1.807, 2.05) is 0 Å². The average Bonchev–Trinajstić information content (AvgIpc) is 3.16. The van der Waals surface area contributed by atoms with E-state index in [1.165, 1.54) is 19.1 Å². The number of ether oxygens (including phenoxy) is 2. The lowest BCUT2D eigenvalue weighted by Crippen LogP contribution is -2.37. The van der Waals surface area contributed by atoms with Crippen LogP contribution in [0.15, 0.2) is 24.3 Å². The average molecular weight is 319 g/mol. The monoisotopic (exact) mass is 319 g/mol. The van der Waals surface area contributed by atoms with Crippen molar-refractivity contribution in [1.29, 1.82) is 0 Å². The van der Waals surface area contributed by atoms with Crippen LogP contribution in [0.2, 0.25) is 0 Å². The molecule has 0 N–H and O–H groups in total. The molecule has 0 aromatic heterocycles. The van der Waals surface area contributed by atoms with E-state index in [-0.39, 0.29) is 23.8 Å². The van der Waals surface area contributed by atoms with Gasteiger partial charge in [0.2, 0.25) is 0 Å². The van der Waals surface area contributed by atoms with Gasteiger partial charge in [-0.1, -0.05) is 17.2 Å². The van der Waals surface area contributed by atoms with Crippen LogP contribution in [0.4, 0.5) is 0 Å². The summed E-state index contributed by atoms with van der Waals surface area (Å²) in [6, 6.07) is 6.31. The summed E-state index contributed by atoms with van der Waals surface area (Å²) in [5, 5.41) is 0.485. The quantitative estimate of drug-likeness (QED) is 0.761. The molecule has 1 aromatic rings. The van der Waals surface area contributed by atoms with Gasteiger partial charge in [0.05, 0.1) is 23.8 Å². The van der Waals surface area contributed by atoms with Gasteiger partial charge in [-0.15, -0.1) is 0 Å². The second-order valence-corrected chi connectivity index (χ2v) is 5.47. The number of nitrogens with zero attached hydrogens (tertiary/aromatic N) is 1. The van der Waals surface area contributed by atoms with E-state index in [9.17, 15) is 14.4 Å². The number of carbonyl (C=O) groups is 3. The molecule has 0 aliphatic carbocycles. The minimum absolute atomic E-state index is 0.0236. The topological polar surface area (TPSA) is 82.1 Å². The molecule has 122 valence electrons. The summed E-state index contributed by atoms with van der Waals surface area (Å²) in [7, 11) is 0. The van der Waals surface area contributed by atoms with Crippen molar-refractivity contribution in [3.8, 4) is 0 Å². The van der Waals surface area contributed by atoms with E-state index >= 15 is 0 Å². The summed E-state index contributed by atoms with van der Waals surface area (Å²) in [4.78, 5) is 41.1. The Kier molecular flexibility index (Phi) is 4.40. The maximum absolute atomic E-state index is 12.1. The van der Waals surface area contributed by atoms with Gasteiger partial charge in [-0.3, -0.25) is 9.59 Å². The van der Waals surface area contributed by atoms with Crippen molar-refractivity contribution in [2.24, 2.45) is 0 Å². The maximum Gasteiger partial charge on any atom is 0.361 e.